The van der Waals surface area contributed by atoms with E-state index in [0.29, 0.717) is 5.25 Å². The summed E-state index contributed by atoms with van der Waals surface area (Å²) in [5.74, 6) is -0.726. The fourth-order valence-electron chi connectivity index (χ4n) is 2.12. The minimum absolute atomic E-state index is 0.104. The smallest absolute Gasteiger partial charge is 0.306 e. The van der Waals surface area contributed by atoms with Crippen LogP contribution in [0.5, 0.6) is 0 Å². The number of hydrogen-bond donors (Lipinski definition) is 1. The number of aliphatic carboxylic acids is 1. The first kappa shape index (κ1) is 11.5. The molecule has 1 fully saturated rings. The second kappa shape index (κ2) is 5.39. The monoisotopic (exact) mass is 236 g/mol. The van der Waals surface area contributed by atoms with Gasteiger partial charge < -0.3 is 5.11 Å². The van der Waals surface area contributed by atoms with Crippen LogP contribution in [0.3, 0.4) is 0 Å². The third kappa shape index (κ3) is 3.01. The molecule has 0 bridgehead atoms. The highest BCUT2D eigenvalue weighted by molar-refractivity contribution is 8.00. The van der Waals surface area contributed by atoms with E-state index in [0.717, 1.165) is 25.7 Å². The Bertz CT molecular complexity index is 342. The molecule has 1 aromatic carbocycles. The third-order valence-corrected chi connectivity index (χ3v) is 4.42. The van der Waals surface area contributed by atoms with E-state index >= 15 is 0 Å². The number of carboxylic acids is 1. The number of rotatable bonds is 3. The van der Waals surface area contributed by atoms with Crippen LogP contribution < -0.4 is 0 Å². The van der Waals surface area contributed by atoms with Crippen molar-refractivity contribution in [2.75, 3.05) is 0 Å². The molecule has 0 heterocycles. The molecule has 16 heavy (non-hydrogen) atoms. The van der Waals surface area contributed by atoms with E-state index in [2.05, 4.69) is 12.1 Å². The van der Waals surface area contributed by atoms with Gasteiger partial charge in [0.1, 0.15) is 0 Å². The Kier molecular flexibility index (Phi) is 3.88. The molecule has 86 valence electrons. The zero-order valence-corrected chi connectivity index (χ0v) is 9.95. The highest BCUT2D eigenvalue weighted by atomic mass is 32.2. The van der Waals surface area contributed by atoms with Gasteiger partial charge in [-0.15, -0.1) is 11.8 Å². The van der Waals surface area contributed by atoms with Crippen molar-refractivity contribution in [2.45, 2.75) is 35.8 Å². The fourth-order valence-corrected chi connectivity index (χ4v) is 3.33. The normalized spacial score (nSPS) is 25.2. The molecule has 0 radical (unpaired) electrons. The van der Waals surface area contributed by atoms with Gasteiger partial charge in [0.25, 0.3) is 0 Å². The molecule has 0 spiro atoms. The summed E-state index contributed by atoms with van der Waals surface area (Å²) in [6.07, 6.45) is 3.72. The summed E-state index contributed by atoms with van der Waals surface area (Å²) in [4.78, 5) is 12.1. The second-order valence-electron chi connectivity index (χ2n) is 4.24. The van der Waals surface area contributed by atoms with Crippen LogP contribution in [-0.2, 0) is 4.79 Å². The fraction of sp³-hybridized carbons (Fsp3) is 0.462. The lowest BCUT2D eigenvalue weighted by Gasteiger charge is -2.25. The molecule has 1 N–H and O–H groups in total. The molecule has 1 saturated carbocycles. The van der Waals surface area contributed by atoms with E-state index in [-0.39, 0.29) is 5.92 Å². The van der Waals surface area contributed by atoms with Gasteiger partial charge in [0.2, 0.25) is 0 Å². The van der Waals surface area contributed by atoms with Crippen LogP contribution in [-0.4, -0.2) is 16.3 Å². The number of thioether (sulfide) groups is 1. The molecule has 0 atom stereocenters. The lowest BCUT2D eigenvalue weighted by Crippen LogP contribution is -2.22. The van der Waals surface area contributed by atoms with Crippen molar-refractivity contribution in [1.82, 2.24) is 0 Å². The first-order valence-electron chi connectivity index (χ1n) is 5.70. The quantitative estimate of drug-likeness (QED) is 0.873. The lowest BCUT2D eigenvalue weighted by atomic mass is 9.89. The van der Waals surface area contributed by atoms with Crippen molar-refractivity contribution in [1.29, 1.82) is 0 Å². The van der Waals surface area contributed by atoms with Gasteiger partial charge in [-0.25, -0.2) is 0 Å². The Hall–Kier alpha value is -0.960. The van der Waals surface area contributed by atoms with Gasteiger partial charge in [0, 0.05) is 10.1 Å². The molecule has 1 aliphatic rings. The van der Waals surface area contributed by atoms with E-state index < -0.39 is 5.97 Å². The van der Waals surface area contributed by atoms with Crippen molar-refractivity contribution in [3.63, 3.8) is 0 Å². The number of carbonyl (C=O) groups is 1. The average molecular weight is 236 g/mol. The Morgan fingerprint density at radius 3 is 2.31 bits per heavy atom. The second-order valence-corrected chi connectivity index (χ2v) is 5.62. The average Bonchev–Trinajstić information content (AvgIpc) is 2.31. The summed E-state index contributed by atoms with van der Waals surface area (Å²) < 4.78 is 0. The van der Waals surface area contributed by atoms with E-state index in [1.54, 1.807) is 0 Å². The van der Waals surface area contributed by atoms with Crippen molar-refractivity contribution in [2.24, 2.45) is 5.92 Å². The SMILES string of the molecule is O=C(O)C1CCC(Sc2ccccc2)CC1. The van der Waals surface area contributed by atoms with Crippen molar-refractivity contribution in [3.8, 4) is 0 Å². The molecule has 0 amide bonds. The molecule has 2 rings (SSSR count). The summed E-state index contributed by atoms with van der Waals surface area (Å²) in [7, 11) is 0. The van der Waals surface area contributed by atoms with E-state index in [4.69, 9.17) is 5.11 Å². The highest BCUT2D eigenvalue weighted by Crippen LogP contribution is 2.35. The third-order valence-electron chi connectivity index (χ3n) is 3.07. The molecule has 1 aliphatic carbocycles. The summed E-state index contributed by atoms with van der Waals surface area (Å²) in [5.41, 5.74) is 0. The van der Waals surface area contributed by atoms with Crippen LogP contribution in [0.1, 0.15) is 25.7 Å². The standard InChI is InChI=1S/C13H16O2S/c14-13(15)10-6-8-12(9-7-10)16-11-4-2-1-3-5-11/h1-5,10,12H,6-9H2,(H,14,15). The largest absolute Gasteiger partial charge is 0.481 e. The van der Waals surface area contributed by atoms with Gasteiger partial charge in [0.15, 0.2) is 0 Å². The predicted molar refractivity (Wildman–Crippen MR) is 65.7 cm³/mol. The van der Waals surface area contributed by atoms with Crippen LogP contribution in [0.2, 0.25) is 0 Å². The summed E-state index contributed by atoms with van der Waals surface area (Å²) in [6.45, 7) is 0. The van der Waals surface area contributed by atoms with Crippen LogP contribution in [0.4, 0.5) is 0 Å². The Morgan fingerprint density at radius 1 is 1.12 bits per heavy atom. The van der Waals surface area contributed by atoms with Crippen LogP contribution in [0, 0.1) is 5.92 Å². The maximum atomic E-state index is 10.8. The summed E-state index contributed by atoms with van der Waals surface area (Å²) in [6, 6.07) is 10.4. The predicted octanol–water partition coefficient (Wildman–Crippen LogP) is 3.42. The van der Waals surface area contributed by atoms with Gasteiger partial charge >= 0.3 is 5.97 Å². The Labute approximate surface area is 100 Å². The van der Waals surface area contributed by atoms with E-state index in [1.807, 2.05) is 30.0 Å². The molecular weight excluding hydrogens is 220 g/mol. The number of benzene rings is 1. The van der Waals surface area contributed by atoms with E-state index in [1.165, 1.54) is 4.90 Å². The van der Waals surface area contributed by atoms with Crippen molar-refractivity contribution in [3.05, 3.63) is 30.3 Å². The molecule has 1 aromatic rings. The van der Waals surface area contributed by atoms with Crippen molar-refractivity contribution >= 4 is 17.7 Å². The minimum atomic E-state index is -0.622. The van der Waals surface area contributed by atoms with E-state index in [9.17, 15) is 4.79 Å². The maximum Gasteiger partial charge on any atom is 0.306 e. The summed E-state index contributed by atoms with van der Waals surface area (Å²) >= 11 is 1.89. The molecule has 0 saturated heterocycles. The molecule has 0 aliphatic heterocycles. The first-order chi connectivity index (χ1) is 7.75. The molecule has 0 unspecified atom stereocenters. The Balaban J connectivity index is 1.84. The van der Waals surface area contributed by atoms with Gasteiger partial charge in [-0.1, -0.05) is 18.2 Å². The molecule has 3 heteroatoms. The van der Waals surface area contributed by atoms with Gasteiger partial charge in [-0.3, -0.25) is 4.79 Å². The molecule has 2 nitrogen and oxygen atoms in total. The minimum Gasteiger partial charge on any atom is -0.481 e. The molecule has 0 aromatic heterocycles. The van der Waals surface area contributed by atoms with Crippen molar-refractivity contribution < 1.29 is 9.90 Å². The topological polar surface area (TPSA) is 37.3 Å². The number of carboxylic acid groups (broad SMARTS) is 1. The van der Waals surface area contributed by atoms with Gasteiger partial charge in [0.05, 0.1) is 5.92 Å². The van der Waals surface area contributed by atoms with Gasteiger partial charge in [-0.2, -0.15) is 0 Å². The maximum absolute atomic E-state index is 10.8. The summed E-state index contributed by atoms with van der Waals surface area (Å²) in [5, 5.41) is 9.50. The zero-order chi connectivity index (χ0) is 11.4. The lowest BCUT2D eigenvalue weighted by molar-refractivity contribution is -0.142. The zero-order valence-electron chi connectivity index (χ0n) is 9.13. The van der Waals surface area contributed by atoms with Gasteiger partial charge in [-0.05, 0) is 37.8 Å². The van der Waals surface area contributed by atoms with Crippen LogP contribution in [0.15, 0.2) is 35.2 Å². The van der Waals surface area contributed by atoms with Crippen LogP contribution >= 0.6 is 11.8 Å². The molecular formula is C13H16O2S. The number of hydrogen-bond acceptors (Lipinski definition) is 2. The Morgan fingerprint density at radius 2 is 1.75 bits per heavy atom. The highest BCUT2D eigenvalue weighted by Gasteiger charge is 2.26. The van der Waals surface area contributed by atoms with Crippen LogP contribution in [0.25, 0.3) is 0 Å². The first-order valence-corrected chi connectivity index (χ1v) is 6.58.